The average molecular weight is 494 g/mol. The molecule has 0 aliphatic rings. The van der Waals surface area contributed by atoms with Crippen LogP contribution in [0.3, 0.4) is 0 Å². The first-order chi connectivity index (χ1) is 14.3. The lowest BCUT2D eigenvalue weighted by Crippen LogP contribution is -2.21. The van der Waals surface area contributed by atoms with Crippen molar-refractivity contribution in [2.75, 3.05) is 19.5 Å². The fraction of sp³-hybridized carbons (Fsp3) is 0.222. The molecule has 2 aromatic heterocycles. The van der Waals surface area contributed by atoms with Gasteiger partial charge in [0, 0.05) is 10.0 Å². The third-order valence-corrected chi connectivity index (χ3v) is 5.72. The molecule has 0 saturated carbocycles. The fourth-order valence-electron chi connectivity index (χ4n) is 2.56. The largest absolute Gasteiger partial charge is 0.465 e. The first kappa shape index (κ1) is 21.6. The van der Waals surface area contributed by atoms with Crippen LogP contribution in [0.25, 0.3) is 11.4 Å². The molecular formula is C18H16BrN5O5S. The molecule has 0 aliphatic heterocycles. The van der Waals surface area contributed by atoms with Gasteiger partial charge < -0.3 is 14.8 Å². The standard InChI is InChI=1S/C18H16BrN5O5S/c1-9-13(17(26)28-2)16(30-14(9)18(27)29-3)20-12(25)8-24-22-15(21-23-24)10-4-6-11(19)7-5-10/h4-7H,8H2,1-3H3,(H,20,25). The number of amides is 1. The van der Waals surface area contributed by atoms with Gasteiger partial charge in [0.05, 0.1) is 19.8 Å². The quantitative estimate of drug-likeness (QED) is 0.519. The van der Waals surface area contributed by atoms with E-state index in [0.717, 1.165) is 26.2 Å². The molecule has 10 nitrogen and oxygen atoms in total. The van der Waals surface area contributed by atoms with E-state index in [0.29, 0.717) is 11.4 Å². The minimum absolute atomic E-state index is 0.0957. The van der Waals surface area contributed by atoms with Crippen molar-refractivity contribution in [3.05, 3.63) is 44.7 Å². The van der Waals surface area contributed by atoms with Gasteiger partial charge in [-0.15, -0.1) is 21.5 Å². The van der Waals surface area contributed by atoms with Gasteiger partial charge in [0.1, 0.15) is 16.4 Å². The molecule has 2 heterocycles. The van der Waals surface area contributed by atoms with Crippen molar-refractivity contribution in [1.29, 1.82) is 0 Å². The highest BCUT2D eigenvalue weighted by atomic mass is 79.9. The van der Waals surface area contributed by atoms with Gasteiger partial charge in [-0.25, -0.2) is 9.59 Å². The molecule has 0 atom stereocenters. The fourth-order valence-corrected chi connectivity index (χ4v) is 3.95. The predicted octanol–water partition coefficient (Wildman–Crippen LogP) is 2.68. The Hall–Kier alpha value is -3.12. The number of rotatable bonds is 6. The Morgan fingerprint density at radius 2 is 1.80 bits per heavy atom. The summed E-state index contributed by atoms with van der Waals surface area (Å²) >= 11 is 4.28. The van der Waals surface area contributed by atoms with E-state index in [1.807, 2.05) is 24.3 Å². The number of nitrogens with zero attached hydrogens (tertiary/aromatic N) is 4. The van der Waals surface area contributed by atoms with Gasteiger partial charge in [-0.1, -0.05) is 15.9 Å². The summed E-state index contributed by atoms with van der Waals surface area (Å²) in [4.78, 5) is 37.9. The summed E-state index contributed by atoms with van der Waals surface area (Å²) in [5.74, 6) is -1.42. The Balaban J connectivity index is 1.79. The molecule has 12 heteroatoms. The Morgan fingerprint density at radius 3 is 2.43 bits per heavy atom. The highest BCUT2D eigenvalue weighted by molar-refractivity contribution is 9.10. The van der Waals surface area contributed by atoms with Gasteiger partial charge in [0.15, 0.2) is 0 Å². The normalized spacial score (nSPS) is 10.5. The molecule has 0 spiro atoms. The maximum Gasteiger partial charge on any atom is 0.348 e. The van der Waals surface area contributed by atoms with Crippen molar-refractivity contribution in [1.82, 2.24) is 20.2 Å². The summed E-state index contributed by atoms with van der Waals surface area (Å²) in [6.07, 6.45) is 0. The van der Waals surface area contributed by atoms with Crippen LogP contribution in [0.5, 0.6) is 0 Å². The molecule has 3 aromatic rings. The van der Waals surface area contributed by atoms with Crippen LogP contribution in [-0.2, 0) is 20.8 Å². The number of aromatic nitrogens is 4. The van der Waals surface area contributed by atoms with Crippen molar-refractivity contribution in [3.8, 4) is 11.4 Å². The number of thiophene rings is 1. The number of carbonyl (C=O) groups is 3. The number of methoxy groups -OCH3 is 2. The summed E-state index contributed by atoms with van der Waals surface area (Å²) in [6.45, 7) is 1.34. The average Bonchev–Trinajstić information content (AvgIpc) is 3.31. The molecule has 0 bridgehead atoms. The maximum atomic E-state index is 12.5. The lowest BCUT2D eigenvalue weighted by molar-refractivity contribution is -0.117. The summed E-state index contributed by atoms with van der Waals surface area (Å²) in [7, 11) is 2.45. The third-order valence-electron chi connectivity index (χ3n) is 4.00. The third kappa shape index (κ3) is 4.54. The molecule has 1 N–H and O–H groups in total. The maximum absolute atomic E-state index is 12.5. The lowest BCUT2D eigenvalue weighted by Gasteiger charge is -2.05. The Morgan fingerprint density at radius 1 is 1.13 bits per heavy atom. The topological polar surface area (TPSA) is 125 Å². The van der Waals surface area contributed by atoms with Crippen LogP contribution >= 0.6 is 27.3 Å². The van der Waals surface area contributed by atoms with Crippen LogP contribution in [-0.4, -0.2) is 52.3 Å². The van der Waals surface area contributed by atoms with Crippen molar-refractivity contribution < 1.29 is 23.9 Å². The number of nitrogens with one attached hydrogen (secondary N) is 1. The number of ether oxygens (including phenoxy) is 2. The summed E-state index contributed by atoms with van der Waals surface area (Å²) in [5, 5.41) is 14.8. The number of benzene rings is 1. The minimum atomic E-state index is -0.675. The zero-order valence-electron chi connectivity index (χ0n) is 16.1. The minimum Gasteiger partial charge on any atom is -0.465 e. The zero-order chi connectivity index (χ0) is 21.8. The second-order valence-corrected chi connectivity index (χ2v) is 7.88. The summed E-state index contributed by atoms with van der Waals surface area (Å²) < 4.78 is 10.4. The van der Waals surface area contributed by atoms with Crippen LogP contribution in [0.15, 0.2) is 28.7 Å². The van der Waals surface area contributed by atoms with Gasteiger partial charge in [-0.05, 0) is 42.0 Å². The van der Waals surface area contributed by atoms with Crippen molar-refractivity contribution >= 4 is 50.1 Å². The first-order valence-electron chi connectivity index (χ1n) is 8.47. The number of tetrazole rings is 1. The number of hydrogen-bond acceptors (Lipinski definition) is 9. The molecule has 1 aromatic carbocycles. The van der Waals surface area contributed by atoms with Gasteiger partial charge >= 0.3 is 11.9 Å². The summed E-state index contributed by atoms with van der Waals surface area (Å²) in [6, 6.07) is 7.32. The number of halogens is 1. The number of anilines is 1. The SMILES string of the molecule is COC(=O)c1sc(NC(=O)Cn2nnc(-c3ccc(Br)cc3)n2)c(C(=O)OC)c1C. The predicted molar refractivity (Wildman–Crippen MR) is 111 cm³/mol. The summed E-state index contributed by atoms with van der Waals surface area (Å²) in [5.41, 5.74) is 1.21. The van der Waals surface area contributed by atoms with E-state index in [1.54, 1.807) is 6.92 Å². The zero-order valence-corrected chi connectivity index (χ0v) is 18.5. The molecule has 0 unspecified atom stereocenters. The Bertz CT molecular complexity index is 1110. The Kier molecular flexibility index (Phi) is 6.57. The van der Waals surface area contributed by atoms with E-state index >= 15 is 0 Å². The molecule has 30 heavy (non-hydrogen) atoms. The van der Waals surface area contributed by atoms with Crippen LogP contribution in [0.1, 0.15) is 25.6 Å². The van der Waals surface area contributed by atoms with Crippen molar-refractivity contribution in [2.24, 2.45) is 0 Å². The molecule has 0 fully saturated rings. The van der Waals surface area contributed by atoms with E-state index in [-0.39, 0.29) is 22.0 Å². The number of esters is 2. The van der Waals surface area contributed by atoms with Crippen molar-refractivity contribution in [2.45, 2.75) is 13.5 Å². The lowest BCUT2D eigenvalue weighted by atomic mass is 10.1. The van der Waals surface area contributed by atoms with Crippen LogP contribution < -0.4 is 5.32 Å². The van der Waals surface area contributed by atoms with Crippen LogP contribution in [0.4, 0.5) is 5.00 Å². The second kappa shape index (κ2) is 9.13. The number of hydrogen-bond donors (Lipinski definition) is 1. The molecule has 0 saturated heterocycles. The van der Waals surface area contributed by atoms with E-state index in [2.05, 4.69) is 36.7 Å². The molecule has 1 amide bonds. The first-order valence-corrected chi connectivity index (χ1v) is 10.1. The highest BCUT2D eigenvalue weighted by Gasteiger charge is 2.27. The monoisotopic (exact) mass is 493 g/mol. The van der Waals surface area contributed by atoms with Crippen LogP contribution in [0.2, 0.25) is 0 Å². The van der Waals surface area contributed by atoms with Crippen molar-refractivity contribution in [3.63, 3.8) is 0 Å². The second-order valence-electron chi connectivity index (χ2n) is 5.94. The van der Waals surface area contributed by atoms with E-state index in [1.165, 1.54) is 14.2 Å². The Labute approximate surface area is 183 Å². The number of carbonyl (C=O) groups excluding carboxylic acids is 3. The van der Waals surface area contributed by atoms with E-state index < -0.39 is 17.8 Å². The smallest absolute Gasteiger partial charge is 0.348 e. The van der Waals surface area contributed by atoms with E-state index in [4.69, 9.17) is 9.47 Å². The molecular weight excluding hydrogens is 478 g/mol. The van der Waals surface area contributed by atoms with Crippen LogP contribution in [0, 0.1) is 6.92 Å². The van der Waals surface area contributed by atoms with Gasteiger partial charge in [-0.2, -0.15) is 4.80 Å². The van der Waals surface area contributed by atoms with Gasteiger partial charge in [0.2, 0.25) is 11.7 Å². The molecule has 0 radical (unpaired) electrons. The van der Waals surface area contributed by atoms with E-state index in [9.17, 15) is 14.4 Å². The van der Waals surface area contributed by atoms with Gasteiger partial charge in [0.25, 0.3) is 0 Å². The molecule has 3 rings (SSSR count). The molecule has 0 aliphatic carbocycles. The van der Waals surface area contributed by atoms with Gasteiger partial charge in [-0.3, -0.25) is 4.79 Å². The molecule has 156 valence electrons. The highest BCUT2D eigenvalue weighted by Crippen LogP contribution is 2.34.